The average molecular weight is 447 g/mol. The fourth-order valence-corrected chi connectivity index (χ4v) is 3.62. The van der Waals surface area contributed by atoms with Gasteiger partial charge >= 0.3 is 82.4 Å². The first-order valence-corrected chi connectivity index (χ1v) is 10.2. The standard InChI is InChI=1S/C5H6N2OSe.H5O10P3/c1-3-2-6-5(8)7-4(3)9;1-11(2,3)9-13(7,8)10-12(4,5)6/h2H,1H3,(H2,6,7,8,9);(H,7,8)(H2,1,2,3)(H2,4,5,6). The van der Waals surface area contributed by atoms with Gasteiger partial charge in [-0.25, -0.2) is 13.7 Å². The van der Waals surface area contributed by atoms with Crippen LogP contribution in [-0.2, 0) is 22.3 Å². The van der Waals surface area contributed by atoms with Crippen molar-refractivity contribution in [2.75, 3.05) is 0 Å². The Bertz CT molecular complexity index is 729. The van der Waals surface area contributed by atoms with Crippen molar-refractivity contribution in [2.24, 2.45) is 0 Å². The van der Waals surface area contributed by atoms with Crippen LogP contribution in [0.5, 0.6) is 0 Å². The molecule has 0 saturated heterocycles. The second kappa shape index (κ2) is 8.07. The van der Waals surface area contributed by atoms with Crippen molar-refractivity contribution in [3.8, 4) is 0 Å². The van der Waals surface area contributed by atoms with Crippen LogP contribution in [0.1, 0.15) is 5.56 Å². The third-order valence-electron chi connectivity index (χ3n) is 1.42. The molecule has 0 atom stereocenters. The van der Waals surface area contributed by atoms with Gasteiger partial charge in [-0.3, -0.25) is 0 Å². The summed E-state index contributed by atoms with van der Waals surface area (Å²) >= 11 is 2.74. The molecule has 1 heterocycles. The quantitative estimate of drug-likeness (QED) is 0.220. The number of phosphoric acid groups is 3. The van der Waals surface area contributed by atoms with E-state index in [2.05, 4.69) is 34.2 Å². The van der Waals surface area contributed by atoms with Gasteiger partial charge in [-0.2, -0.15) is 8.62 Å². The smallest absolute Gasteiger partial charge is 0.302 e. The van der Waals surface area contributed by atoms with E-state index in [1.54, 1.807) is 6.20 Å². The molecule has 0 aromatic carbocycles. The molecule has 128 valence electrons. The zero-order valence-corrected chi connectivity index (χ0v) is 14.9. The van der Waals surface area contributed by atoms with Gasteiger partial charge in [0.25, 0.3) is 0 Å². The van der Waals surface area contributed by atoms with Crippen LogP contribution >= 0.6 is 23.5 Å². The fourth-order valence-electron chi connectivity index (χ4n) is 0.761. The van der Waals surface area contributed by atoms with Crippen molar-refractivity contribution in [3.63, 3.8) is 0 Å². The summed E-state index contributed by atoms with van der Waals surface area (Å²) in [7, 11) is -16.2. The summed E-state index contributed by atoms with van der Waals surface area (Å²) in [5.41, 5.74) is 0.823. The van der Waals surface area contributed by atoms with Crippen molar-refractivity contribution < 1.29 is 46.8 Å². The Hall–Kier alpha value is -0.191. The van der Waals surface area contributed by atoms with Gasteiger partial charge in [-0.05, 0) is 0 Å². The summed E-state index contributed by atoms with van der Waals surface area (Å²) in [6.07, 6.45) is 1.66. The third kappa shape index (κ3) is 11.4. The fraction of sp³-hybridized carbons (Fsp3) is 0.200. The largest absolute Gasteiger partial charge is 0.490 e. The Morgan fingerprint density at radius 2 is 1.45 bits per heavy atom. The van der Waals surface area contributed by atoms with Gasteiger partial charge in [0.05, 0.1) is 0 Å². The number of nitrogens with one attached hydrogen (secondary N) is 2. The molecule has 0 saturated carbocycles. The first-order chi connectivity index (χ1) is 9.61. The van der Waals surface area contributed by atoms with Crippen LogP contribution in [0, 0.1) is 11.1 Å². The summed E-state index contributed by atoms with van der Waals surface area (Å²) in [6, 6.07) is 0. The average Bonchev–Trinajstić information content (AvgIpc) is 2.17. The van der Waals surface area contributed by atoms with Crippen molar-refractivity contribution in [1.29, 1.82) is 0 Å². The minimum absolute atomic E-state index is 0.186. The summed E-state index contributed by atoms with van der Waals surface area (Å²) < 4.78 is 37.2. The van der Waals surface area contributed by atoms with E-state index in [1.165, 1.54) is 0 Å². The van der Waals surface area contributed by atoms with Gasteiger partial charge in [0, 0.05) is 0 Å². The maximum atomic E-state index is 10.5. The molecule has 22 heavy (non-hydrogen) atoms. The number of rotatable bonds is 4. The number of aryl methyl sites for hydroxylation is 1. The summed E-state index contributed by atoms with van der Waals surface area (Å²) in [6.45, 7) is 1.90. The monoisotopic (exact) mass is 448 g/mol. The van der Waals surface area contributed by atoms with E-state index in [9.17, 15) is 18.5 Å². The Morgan fingerprint density at radius 3 is 1.73 bits per heavy atom. The molecule has 1 rings (SSSR count). The van der Waals surface area contributed by atoms with E-state index >= 15 is 0 Å². The molecule has 0 amide bonds. The molecule has 1 aromatic heterocycles. The van der Waals surface area contributed by atoms with E-state index in [-0.39, 0.29) is 5.69 Å². The van der Waals surface area contributed by atoms with Gasteiger partial charge in [0.1, 0.15) is 0 Å². The van der Waals surface area contributed by atoms with Gasteiger partial charge in [0.15, 0.2) is 0 Å². The van der Waals surface area contributed by atoms with Crippen molar-refractivity contribution in [3.05, 3.63) is 26.4 Å². The summed E-state index contributed by atoms with van der Waals surface area (Å²) in [5.74, 6) is 0. The van der Waals surface area contributed by atoms with Crippen LogP contribution < -0.4 is 5.69 Å². The van der Waals surface area contributed by atoms with Crippen molar-refractivity contribution >= 4 is 39.0 Å². The Labute approximate surface area is 129 Å². The van der Waals surface area contributed by atoms with Crippen LogP contribution in [-0.4, -0.2) is 50.0 Å². The van der Waals surface area contributed by atoms with E-state index < -0.39 is 23.5 Å². The van der Waals surface area contributed by atoms with Gasteiger partial charge in [-0.15, -0.1) is 0 Å². The van der Waals surface area contributed by atoms with Crippen LogP contribution in [0.3, 0.4) is 0 Å². The molecule has 0 radical (unpaired) electrons. The molecule has 0 aliphatic heterocycles. The zero-order valence-electron chi connectivity index (χ0n) is 10.5. The number of aromatic amines is 2. The molecular weight excluding hydrogens is 436 g/mol. The van der Waals surface area contributed by atoms with Crippen LogP contribution in [0.4, 0.5) is 0 Å². The number of hydrogen-bond donors (Lipinski definition) is 7. The van der Waals surface area contributed by atoms with Crippen LogP contribution in [0.2, 0.25) is 0 Å². The van der Waals surface area contributed by atoms with Gasteiger partial charge in [0.2, 0.25) is 0 Å². The Morgan fingerprint density at radius 1 is 1.05 bits per heavy atom. The van der Waals surface area contributed by atoms with Crippen LogP contribution in [0.15, 0.2) is 11.0 Å². The van der Waals surface area contributed by atoms with Crippen molar-refractivity contribution in [2.45, 2.75) is 6.92 Å². The van der Waals surface area contributed by atoms with E-state index in [0.717, 1.165) is 9.76 Å². The first kappa shape index (κ1) is 21.8. The zero-order chi connectivity index (χ0) is 17.8. The molecule has 13 nitrogen and oxygen atoms in total. The maximum Gasteiger partial charge on any atom is 0.490 e. The Balaban J connectivity index is 0.000000425. The second-order valence-electron chi connectivity index (χ2n) is 3.37. The maximum absolute atomic E-state index is 10.5. The van der Waals surface area contributed by atoms with Gasteiger partial charge < -0.3 is 24.5 Å². The molecule has 0 unspecified atom stereocenters. The van der Waals surface area contributed by atoms with Crippen LogP contribution in [0.25, 0.3) is 0 Å². The van der Waals surface area contributed by atoms with E-state index in [4.69, 9.17) is 24.5 Å². The van der Waals surface area contributed by atoms with Gasteiger partial charge in [-0.1, -0.05) is 0 Å². The number of H-pyrrole nitrogens is 2. The predicted octanol–water partition coefficient (Wildman–Crippen LogP) is -0.983. The second-order valence-corrected chi connectivity index (χ2v) is 8.43. The molecule has 0 aliphatic rings. The summed E-state index contributed by atoms with van der Waals surface area (Å²) in [4.78, 5) is 55.8. The predicted molar refractivity (Wildman–Crippen MR) is 71.2 cm³/mol. The third-order valence-corrected chi connectivity index (χ3v) is 5.67. The SMILES string of the molecule is Cc1c[nH]c(=O)[nH]c1=[Se].O=P(O)(O)OP(=O)(O)OP(=O)(O)O. The molecule has 0 bridgehead atoms. The molecular formula is C5H11N2O11P3Se. The molecule has 1 aromatic rings. The minimum atomic E-state index is -5.46. The molecule has 0 aliphatic carbocycles. The Kier molecular flexibility index (Phi) is 8.00. The van der Waals surface area contributed by atoms with E-state index in [1.807, 2.05) is 6.92 Å². The first-order valence-electron chi connectivity index (χ1n) is 4.76. The molecule has 17 heteroatoms. The van der Waals surface area contributed by atoms with Crippen molar-refractivity contribution in [1.82, 2.24) is 9.97 Å². The topological polar surface area (TPSA) is 219 Å². The number of aromatic nitrogens is 2. The summed E-state index contributed by atoms with van der Waals surface area (Å²) in [5, 5.41) is 0. The molecule has 0 fully saturated rings. The molecule has 0 spiro atoms. The minimum Gasteiger partial charge on any atom is -0.302 e. The molecule has 7 N–H and O–H groups in total. The number of hydrogen-bond acceptors (Lipinski definition) is 6. The van der Waals surface area contributed by atoms with E-state index in [0.29, 0.717) is 0 Å². The normalized spacial score (nSPS) is 12.5.